The minimum Gasteiger partial charge on any atom is -0.748 e. The second-order valence-electron chi connectivity index (χ2n) is 7.11. The van der Waals surface area contributed by atoms with Gasteiger partial charge in [-0.2, -0.15) is 0 Å². The molecule has 2 unspecified atom stereocenters. The minimum atomic E-state index is -4.18. The molecule has 0 aliphatic carbocycles. The van der Waals surface area contributed by atoms with Gasteiger partial charge in [-0.25, -0.2) is 8.42 Å². The van der Waals surface area contributed by atoms with E-state index in [9.17, 15) is 18.1 Å². The Balaban J connectivity index is 0. The number of rotatable bonds is 17. The van der Waals surface area contributed by atoms with Crippen molar-refractivity contribution in [3.8, 4) is 0 Å². The van der Waals surface area contributed by atoms with Crippen LogP contribution in [0.4, 0.5) is 0 Å². The van der Waals surface area contributed by atoms with E-state index in [-0.39, 0.29) is 57.5 Å². The molecule has 4 nitrogen and oxygen atoms in total. The van der Waals surface area contributed by atoms with Crippen LogP contribution in [0.2, 0.25) is 0 Å². The Morgan fingerprint density at radius 2 is 1.16 bits per heavy atom. The summed E-state index contributed by atoms with van der Waals surface area (Å²) in [7, 11) is -4.18. The van der Waals surface area contributed by atoms with Crippen LogP contribution in [0, 0.1) is 0 Å². The topological polar surface area (TPSA) is 77.4 Å². The predicted octanol–water partition coefficient (Wildman–Crippen LogP) is 2.16. The van der Waals surface area contributed by atoms with Crippen molar-refractivity contribution in [1.29, 1.82) is 0 Å². The molecule has 1 N–H and O–H groups in total. The molecule has 0 bridgehead atoms. The summed E-state index contributed by atoms with van der Waals surface area (Å²) in [5.74, 6) is 0. The molecule has 0 radical (unpaired) electrons. The molecule has 2 atom stereocenters. The molecular weight excluding hydrogens is 363 g/mol. The summed E-state index contributed by atoms with van der Waals surface area (Å²) >= 11 is 0. The van der Waals surface area contributed by atoms with Crippen LogP contribution in [0.5, 0.6) is 0 Å². The number of aliphatic hydroxyl groups excluding tert-OH is 1. The monoisotopic (exact) mass is 402 g/mol. The molecule has 0 aliphatic heterocycles. The van der Waals surface area contributed by atoms with Gasteiger partial charge in [0.2, 0.25) is 0 Å². The molecule has 0 aromatic heterocycles. The van der Waals surface area contributed by atoms with E-state index in [1.54, 1.807) is 0 Å². The predicted molar refractivity (Wildman–Crippen MR) is 100 cm³/mol. The normalized spacial score (nSPS) is 14.1. The summed E-state index contributed by atoms with van der Waals surface area (Å²) in [6.07, 6.45) is 13.9. The third kappa shape index (κ3) is 18.6. The maximum absolute atomic E-state index is 11.4. The molecule has 25 heavy (non-hydrogen) atoms. The van der Waals surface area contributed by atoms with Gasteiger partial charge in [0.05, 0.1) is 16.2 Å². The molecule has 0 aliphatic rings. The third-order valence-electron chi connectivity index (χ3n) is 4.72. The standard InChI is InChI=1S/C19H40O4S.K/c1-3-5-6-7-8-9-12-16-19(24(21,22)23)17-13-10-11-15-18(20)14-4-2;/h18-20H,3-17H2,1-2H3,(H,21,22,23);/q;+1/p-1. The number of unbranched alkanes of at least 4 members (excludes halogenated alkanes) is 8. The minimum absolute atomic E-state index is 0. The van der Waals surface area contributed by atoms with Gasteiger partial charge in [-0.3, -0.25) is 0 Å². The van der Waals surface area contributed by atoms with Crippen molar-refractivity contribution in [3.63, 3.8) is 0 Å². The molecular formula is C19H39KO4S. The number of hydrogen-bond donors (Lipinski definition) is 1. The van der Waals surface area contributed by atoms with E-state index >= 15 is 0 Å². The summed E-state index contributed by atoms with van der Waals surface area (Å²) < 4.78 is 34.2. The maximum Gasteiger partial charge on any atom is 1.00 e. The van der Waals surface area contributed by atoms with E-state index in [0.29, 0.717) is 12.8 Å². The van der Waals surface area contributed by atoms with Crippen molar-refractivity contribution in [2.75, 3.05) is 0 Å². The average molecular weight is 403 g/mol. The molecule has 0 aromatic carbocycles. The molecule has 0 saturated carbocycles. The first kappa shape index (κ1) is 28.7. The Bertz CT molecular complexity index is 374. The van der Waals surface area contributed by atoms with Crippen molar-refractivity contribution in [2.45, 2.75) is 122 Å². The zero-order valence-corrected chi connectivity index (χ0v) is 20.8. The summed E-state index contributed by atoms with van der Waals surface area (Å²) in [4.78, 5) is 0. The van der Waals surface area contributed by atoms with E-state index < -0.39 is 15.4 Å². The molecule has 0 aromatic rings. The van der Waals surface area contributed by atoms with Gasteiger partial charge in [0.25, 0.3) is 0 Å². The summed E-state index contributed by atoms with van der Waals surface area (Å²) in [5.41, 5.74) is 0. The molecule has 0 spiro atoms. The molecule has 146 valence electrons. The Morgan fingerprint density at radius 3 is 1.64 bits per heavy atom. The Hall–Kier alpha value is 1.51. The zero-order chi connectivity index (χ0) is 18.3. The van der Waals surface area contributed by atoms with Crippen LogP contribution < -0.4 is 51.4 Å². The van der Waals surface area contributed by atoms with Crippen molar-refractivity contribution in [2.24, 2.45) is 0 Å². The molecule has 0 amide bonds. The number of aliphatic hydroxyl groups is 1. The SMILES string of the molecule is CCCCCCCCCC(CCCCCC(O)CCC)S(=O)(=O)[O-].[K+]. The van der Waals surface area contributed by atoms with Crippen LogP contribution in [0.25, 0.3) is 0 Å². The smallest absolute Gasteiger partial charge is 0.748 e. The zero-order valence-electron chi connectivity index (χ0n) is 16.8. The van der Waals surface area contributed by atoms with Gasteiger partial charge in [-0.15, -0.1) is 0 Å². The molecule has 6 heteroatoms. The first-order valence-electron chi connectivity index (χ1n) is 10.0. The second-order valence-corrected chi connectivity index (χ2v) is 8.76. The van der Waals surface area contributed by atoms with Crippen LogP contribution in [0.1, 0.15) is 110 Å². The van der Waals surface area contributed by atoms with Gasteiger partial charge in [0.1, 0.15) is 0 Å². The van der Waals surface area contributed by atoms with E-state index in [1.165, 1.54) is 25.7 Å². The van der Waals surface area contributed by atoms with Gasteiger partial charge >= 0.3 is 51.4 Å². The molecule has 0 saturated heterocycles. The van der Waals surface area contributed by atoms with Gasteiger partial charge < -0.3 is 9.66 Å². The Labute approximate surface area is 199 Å². The Kier molecular flexibility index (Phi) is 21.7. The van der Waals surface area contributed by atoms with Gasteiger partial charge in [-0.05, 0) is 25.7 Å². The van der Waals surface area contributed by atoms with Gasteiger partial charge in [0, 0.05) is 5.25 Å². The molecule has 0 heterocycles. The van der Waals surface area contributed by atoms with E-state index in [1.807, 2.05) is 0 Å². The van der Waals surface area contributed by atoms with Gasteiger partial charge in [-0.1, -0.05) is 84.5 Å². The van der Waals surface area contributed by atoms with Crippen molar-refractivity contribution in [3.05, 3.63) is 0 Å². The fourth-order valence-corrected chi connectivity index (χ4v) is 4.08. The second kappa shape index (κ2) is 18.9. The van der Waals surface area contributed by atoms with Crippen molar-refractivity contribution in [1.82, 2.24) is 0 Å². The molecule has 0 fully saturated rings. The first-order chi connectivity index (χ1) is 11.4. The largest absolute Gasteiger partial charge is 1.00 e. The average Bonchev–Trinajstić information content (AvgIpc) is 2.50. The van der Waals surface area contributed by atoms with E-state index in [2.05, 4.69) is 13.8 Å². The third-order valence-corrected chi connectivity index (χ3v) is 6.01. The number of hydrogen-bond acceptors (Lipinski definition) is 4. The van der Waals surface area contributed by atoms with E-state index in [4.69, 9.17) is 0 Å². The van der Waals surface area contributed by atoms with Crippen molar-refractivity contribution >= 4 is 10.1 Å². The fourth-order valence-electron chi connectivity index (χ4n) is 3.17. The summed E-state index contributed by atoms with van der Waals surface area (Å²) in [6.45, 7) is 4.24. The fraction of sp³-hybridized carbons (Fsp3) is 1.00. The summed E-state index contributed by atoms with van der Waals surface area (Å²) in [5, 5.41) is 8.95. The Morgan fingerprint density at radius 1 is 0.720 bits per heavy atom. The first-order valence-corrected chi connectivity index (χ1v) is 11.5. The van der Waals surface area contributed by atoms with Crippen molar-refractivity contribution < 1.29 is 69.5 Å². The van der Waals surface area contributed by atoms with Crippen LogP contribution in [-0.2, 0) is 10.1 Å². The van der Waals surface area contributed by atoms with Crippen LogP contribution >= 0.6 is 0 Å². The molecule has 0 rings (SSSR count). The van der Waals surface area contributed by atoms with Crippen LogP contribution in [0.15, 0.2) is 0 Å². The summed E-state index contributed by atoms with van der Waals surface area (Å²) in [6, 6.07) is 0. The van der Waals surface area contributed by atoms with Gasteiger partial charge in [0.15, 0.2) is 0 Å². The quantitative estimate of drug-likeness (QED) is 0.230. The van der Waals surface area contributed by atoms with Crippen LogP contribution in [-0.4, -0.2) is 29.4 Å². The van der Waals surface area contributed by atoms with Crippen LogP contribution in [0.3, 0.4) is 0 Å². The maximum atomic E-state index is 11.4. The van der Waals surface area contributed by atoms with E-state index in [0.717, 1.165) is 57.8 Å².